The number of hydrogen-bond acceptors (Lipinski definition) is 3. The number of carbonyl (C=O) groups excluding carboxylic acids is 1. The minimum Gasteiger partial charge on any atom is -0.444 e. The highest BCUT2D eigenvalue weighted by molar-refractivity contribution is 5.68. The molecule has 1 aliphatic heterocycles. The molecule has 0 aromatic heterocycles. The summed E-state index contributed by atoms with van der Waals surface area (Å²) in [4.78, 5) is 13.8. The molecule has 1 rings (SSSR count). The largest absolute Gasteiger partial charge is 0.444 e. The van der Waals surface area contributed by atoms with Crippen molar-refractivity contribution in [2.75, 3.05) is 13.1 Å². The van der Waals surface area contributed by atoms with Crippen LogP contribution >= 0.6 is 0 Å². The minimum absolute atomic E-state index is 0.184. The lowest BCUT2D eigenvalue weighted by molar-refractivity contribution is 0.0290. The smallest absolute Gasteiger partial charge is 0.410 e. The predicted octanol–water partition coefficient (Wildman–Crippen LogP) is 3.41. The van der Waals surface area contributed by atoms with Crippen molar-refractivity contribution < 1.29 is 9.53 Å². The Bertz CT molecular complexity index is 312. The normalized spacial score (nSPS) is 22.7. The Labute approximate surface area is 124 Å². The zero-order valence-corrected chi connectivity index (χ0v) is 14.0. The molecule has 4 nitrogen and oxygen atoms in total. The van der Waals surface area contributed by atoms with Crippen molar-refractivity contribution in [3.8, 4) is 0 Å². The quantitative estimate of drug-likeness (QED) is 0.841. The van der Waals surface area contributed by atoms with Gasteiger partial charge in [0.15, 0.2) is 0 Å². The van der Waals surface area contributed by atoms with Crippen LogP contribution in [0.5, 0.6) is 0 Å². The van der Waals surface area contributed by atoms with E-state index in [1.807, 2.05) is 25.7 Å². The van der Waals surface area contributed by atoms with Crippen LogP contribution in [0.2, 0.25) is 0 Å². The van der Waals surface area contributed by atoms with Crippen molar-refractivity contribution in [3.05, 3.63) is 0 Å². The number of carbonyl (C=O) groups is 1. The fraction of sp³-hybridized carbons (Fsp3) is 0.938. The summed E-state index contributed by atoms with van der Waals surface area (Å²) in [5.41, 5.74) is -0.410. The van der Waals surface area contributed by atoms with E-state index in [1.165, 1.54) is 12.8 Å². The van der Waals surface area contributed by atoms with Crippen molar-refractivity contribution in [1.29, 1.82) is 0 Å². The number of nitrogens with one attached hydrogen (secondary N) is 1. The highest BCUT2D eigenvalue weighted by atomic mass is 16.6. The van der Waals surface area contributed by atoms with Crippen LogP contribution in [0.25, 0.3) is 0 Å². The molecule has 1 fully saturated rings. The fourth-order valence-electron chi connectivity index (χ4n) is 2.63. The highest BCUT2D eigenvalue weighted by Gasteiger charge is 2.30. The number of nitrogens with zero attached hydrogens (tertiary/aromatic N) is 1. The first kappa shape index (κ1) is 17.3. The van der Waals surface area contributed by atoms with Crippen LogP contribution in [-0.4, -0.2) is 41.8 Å². The van der Waals surface area contributed by atoms with Crippen LogP contribution in [0.4, 0.5) is 4.79 Å². The van der Waals surface area contributed by atoms with Gasteiger partial charge in [0.1, 0.15) is 5.60 Å². The van der Waals surface area contributed by atoms with Gasteiger partial charge in [0.05, 0.1) is 0 Å². The van der Waals surface area contributed by atoms with Gasteiger partial charge in [-0.15, -0.1) is 0 Å². The molecule has 1 N–H and O–H groups in total. The zero-order valence-electron chi connectivity index (χ0n) is 14.0. The SMILES string of the molecule is CCC(C)CC(C)NC1CCN(C(=O)OC(C)(C)C)C1. The number of rotatable bonds is 5. The lowest BCUT2D eigenvalue weighted by Crippen LogP contribution is -2.41. The summed E-state index contributed by atoms with van der Waals surface area (Å²) in [6, 6.07) is 0.912. The molecule has 1 heterocycles. The summed E-state index contributed by atoms with van der Waals surface area (Å²) < 4.78 is 5.42. The summed E-state index contributed by atoms with van der Waals surface area (Å²) in [6.45, 7) is 14.0. The van der Waals surface area contributed by atoms with E-state index in [1.54, 1.807) is 0 Å². The molecule has 0 aromatic rings. The number of likely N-dealkylation sites (tertiary alicyclic amines) is 1. The number of ether oxygens (including phenoxy) is 1. The van der Waals surface area contributed by atoms with E-state index < -0.39 is 5.60 Å². The van der Waals surface area contributed by atoms with Crippen molar-refractivity contribution in [2.45, 2.75) is 78.5 Å². The molecule has 1 aliphatic rings. The third-order valence-electron chi connectivity index (χ3n) is 3.81. The lowest BCUT2D eigenvalue weighted by atomic mass is 10.00. The van der Waals surface area contributed by atoms with E-state index >= 15 is 0 Å². The van der Waals surface area contributed by atoms with E-state index in [0.717, 1.165) is 25.4 Å². The number of hydrogen-bond donors (Lipinski definition) is 1. The molecule has 3 atom stereocenters. The molecular formula is C16H32N2O2. The molecule has 4 heteroatoms. The maximum atomic E-state index is 12.0. The highest BCUT2D eigenvalue weighted by Crippen LogP contribution is 2.17. The number of amides is 1. The molecule has 1 amide bonds. The molecule has 0 radical (unpaired) electrons. The topological polar surface area (TPSA) is 41.6 Å². The third kappa shape index (κ3) is 6.12. The molecule has 0 aromatic carbocycles. The van der Waals surface area contributed by atoms with Gasteiger partial charge in [-0.3, -0.25) is 0 Å². The molecule has 3 unspecified atom stereocenters. The average molecular weight is 284 g/mol. The zero-order chi connectivity index (χ0) is 15.3. The Balaban J connectivity index is 2.34. The lowest BCUT2D eigenvalue weighted by Gasteiger charge is -2.25. The Kier molecular flexibility index (Phi) is 6.31. The first-order valence-corrected chi connectivity index (χ1v) is 7.95. The standard InChI is InChI=1S/C16H32N2O2/c1-7-12(2)10-13(3)17-14-8-9-18(11-14)15(19)20-16(4,5)6/h12-14,17H,7-11H2,1-6H3. The minimum atomic E-state index is -0.410. The van der Waals surface area contributed by atoms with Crippen molar-refractivity contribution >= 4 is 6.09 Å². The Morgan fingerprint density at radius 1 is 1.40 bits per heavy atom. The summed E-state index contributed by atoms with van der Waals surface area (Å²) in [7, 11) is 0. The van der Waals surface area contributed by atoms with Gasteiger partial charge in [-0.25, -0.2) is 4.79 Å². The van der Waals surface area contributed by atoms with E-state index in [0.29, 0.717) is 12.1 Å². The molecule has 20 heavy (non-hydrogen) atoms. The second-order valence-electron chi connectivity index (χ2n) is 7.23. The monoisotopic (exact) mass is 284 g/mol. The van der Waals surface area contributed by atoms with Crippen LogP contribution in [-0.2, 0) is 4.74 Å². The molecule has 0 spiro atoms. The molecule has 0 aliphatic carbocycles. The van der Waals surface area contributed by atoms with E-state index in [4.69, 9.17) is 4.74 Å². The van der Waals surface area contributed by atoms with Crippen molar-refractivity contribution in [2.24, 2.45) is 5.92 Å². The first-order valence-electron chi connectivity index (χ1n) is 7.95. The molecule has 0 saturated carbocycles. The maximum absolute atomic E-state index is 12.0. The van der Waals surface area contributed by atoms with Gasteiger partial charge in [0.2, 0.25) is 0 Å². The molecule has 0 bridgehead atoms. The summed E-state index contributed by atoms with van der Waals surface area (Å²) in [6.07, 6.45) is 3.25. The molecule has 1 saturated heterocycles. The van der Waals surface area contributed by atoms with Crippen molar-refractivity contribution in [1.82, 2.24) is 10.2 Å². The van der Waals surface area contributed by atoms with E-state index in [-0.39, 0.29) is 6.09 Å². The van der Waals surface area contributed by atoms with Gasteiger partial charge >= 0.3 is 6.09 Å². The predicted molar refractivity (Wildman–Crippen MR) is 82.9 cm³/mol. The van der Waals surface area contributed by atoms with Gasteiger partial charge in [0, 0.05) is 25.2 Å². The average Bonchev–Trinajstić information content (AvgIpc) is 2.74. The Morgan fingerprint density at radius 2 is 2.05 bits per heavy atom. The van der Waals surface area contributed by atoms with Gasteiger partial charge in [-0.1, -0.05) is 20.3 Å². The second kappa shape index (κ2) is 7.30. The van der Waals surface area contributed by atoms with Crippen LogP contribution in [0.15, 0.2) is 0 Å². The van der Waals surface area contributed by atoms with Gasteiger partial charge in [0.25, 0.3) is 0 Å². The van der Waals surface area contributed by atoms with Gasteiger partial charge in [-0.05, 0) is 46.5 Å². The van der Waals surface area contributed by atoms with Gasteiger partial charge in [-0.2, -0.15) is 0 Å². The molecule has 118 valence electrons. The Morgan fingerprint density at radius 3 is 2.60 bits per heavy atom. The fourth-order valence-corrected chi connectivity index (χ4v) is 2.63. The second-order valence-corrected chi connectivity index (χ2v) is 7.23. The van der Waals surface area contributed by atoms with E-state index in [2.05, 4.69) is 26.1 Å². The Hall–Kier alpha value is -0.770. The van der Waals surface area contributed by atoms with Crippen LogP contribution in [0.1, 0.15) is 60.8 Å². The maximum Gasteiger partial charge on any atom is 0.410 e. The van der Waals surface area contributed by atoms with Gasteiger partial charge < -0.3 is 15.0 Å². The van der Waals surface area contributed by atoms with Crippen molar-refractivity contribution in [3.63, 3.8) is 0 Å². The van der Waals surface area contributed by atoms with Crippen LogP contribution < -0.4 is 5.32 Å². The summed E-state index contributed by atoms with van der Waals surface area (Å²) >= 11 is 0. The molecular weight excluding hydrogens is 252 g/mol. The third-order valence-corrected chi connectivity index (χ3v) is 3.81. The summed E-state index contributed by atoms with van der Waals surface area (Å²) in [5, 5.41) is 3.64. The van der Waals surface area contributed by atoms with Crippen LogP contribution in [0.3, 0.4) is 0 Å². The van der Waals surface area contributed by atoms with E-state index in [9.17, 15) is 4.79 Å². The summed E-state index contributed by atoms with van der Waals surface area (Å²) in [5.74, 6) is 0.751. The first-order chi connectivity index (χ1) is 9.21. The van der Waals surface area contributed by atoms with Crippen LogP contribution in [0, 0.1) is 5.92 Å².